The summed E-state index contributed by atoms with van der Waals surface area (Å²) in [7, 11) is -3.80. The maximum Gasteiger partial charge on any atom is 0.244 e. The van der Waals surface area contributed by atoms with Gasteiger partial charge < -0.3 is 10.2 Å². The molecule has 0 spiro atoms. The highest BCUT2D eigenvalue weighted by Crippen LogP contribution is 2.20. The molecular weight excluding hydrogens is 445 g/mol. The van der Waals surface area contributed by atoms with Crippen LogP contribution in [0, 0.1) is 12.7 Å². The molecule has 0 aromatic heterocycles. The molecule has 2 amide bonds. The van der Waals surface area contributed by atoms with Crippen LogP contribution in [0.25, 0.3) is 0 Å². The molecule has 0 radical (unpaired) electrons. The number of nitrogens with one attached hydrogen (secondary N) is 1. The number of hydrogen-bond acceptors (Lipinski definition) is 4. The predicted octanol–water partition coefficient (Wildman–Crippen LogP) is 3.23. The van der Waals surface area contributed by atoms with Crippen molar-refractivity contribution in [3.63, 3.8) is 0 Å². The lowest BCUT2D eigenvalue weighted by molar-refractivity contribution is -0.139. The molecule has 33 heavy (non-hydrogen) atoms. The number of anilines is 1. The van der Waals surface area contributed by atoms with Crippen molar-refractivity contribution in [2.45, 2.75) is 52.7 Å². The molecule has 0 heterocycles. The van der Waals surface area contributed by atoms with Crippen LogP contribution in [0.5, 0.6) is 0 Å². The summed E-state index contributed by atoms with van der Waals surface area (Å²) in [6.07, 6.45) is 1.72. The van der Waals surface area contributed by atoms with Gasteiger partial charge in [-0.25, -0.2) is 12.8 Å². The van der Waals surface area contributed by atoms with Crippen LogP contribution in [0.15, 0.2) is 48.5 Å². The maximum absolute atomic E-state index is 14.4. The average Bonchev–Trinajstić information content (AvgIpc) is 2.75. The number of rotatable bonds is 10. The highest BCUT2D eigenvalue weighted by Gasteiger charge is 2.30. The van der Waals surface area contributed by atoms with E-state index in [0.29, 0.717) is 12.1 Å². The highest BCUT2D eigenvalue weighted by atomic mass is 32.2. The van der Waals surface area contributed by atoms with E-state index < -0.39 is 40.2 Å². The van der Waals surface area contributed by atoms with Crippen LogP contribution in [0.3, 0.4) is 0 Å². The number of carbonyl (C=O) groups is 2. The number of sulfonamides is 1. The molecule has 2 atom stereocenters. The fourth-order valence-electron chi connectivity index (χ4n) is 3.26. The van der Waals surface area contributed by atoms with Crippen LogP contribution in [0.2, 0.25) is 0 Å². The molecular formula is C24H32FN3O4S. The highest BCUT2D eigenvalue weighted by molar-refractivity contribution is 7.92. The van der Waals surface area contributed by atoms with Crippen LogP contribution in [0.4, 0.5) is 10.1 Å². The van der Waals surface area contributed by atoms with Crippen LogP contribution < -0.4 is 9.62 Å². The van der Waals surface area contributed by atoms with Gasteiger partial charge >= 0.3 is 0 Å². The number of benzene rings is 2. The Bertz CT molecular complexity index is 1090. The molecule has 1 N–H and O–H groups in total. The normalized spacial score (nSPS) is 13.2. The topological polar surface area (TPSA) is 86.8 Å². The quantitative estimate of drug-likeness (QED) is 0.569. The Balaban J connectivity index is 2.40. The van der Waals surface area contributed by atoms with Crippen molar-refractivity contribution < 1.29 is 22.4 Å². The maximum atomic E-state index is 14.4. The van der Waals surface area contributed by atoms with E-state index in [1.165, 1.54) is 23.1 Å². The Morgan fingerprint density at radius 1 is 1.09 bits per heavy atom. The second-order valence-electron chi connectivity index (χ2n) is 8.22. The standard InChI is InChI=1S/C24H32FN3O4S/c1-6-18(3)26-24(30)19(4)27(15-20-11-7-8-13-22(20)25)23(29)16-28(33(5,31)32)21-12-9-10-17(2)14-21/h7-14,18-19H,6,15-16H2,1-5H3,(H,26,30)/t18-,19-/m0/s1. The summed E-state index contributed by atoms with van der Waals surface area (Å²) >= 11 is 0. The van der Waals surface area contributed by atoms with Crippen molar-refractivity contribution in [1.82, 2.24) is 10.2 Å². The minimum Gasteiger partial charge on any atom is -0.352 e. The fraction of sp³-hybridized carbons (Fsp3) is 0.417. The summed E-state index contributed by atoms with van der Waals surface area (Å²) < 4.78 is 40.4. The minimum atomic E-state index is -3.80. The van der Waals surface area contributed by atoms with Crippen LogP contribution >= 0.6 is 0 Å². The number of halogens is 1. The molecule has 0 aliphatic rings. The summed E-state index contributed by atoms with van der Waals surface area (Å²) in [5.41, 5.74) is 1.40. The minimum absolute atomic E-state index is 0.106. The van der Waals surface area contributed by atoms with E-state index in [2.05, 4.69) is 5.32 Å². The van der Waals surface area contributed by atoms with Gasteiger partial charge in [-0.05, 0) is 51.0 Å². The number of aryl methyl sites for hydroxylation is 1. The van der Waals surface area contributed by atoms with Crippen molar-refractivity contribution in [2.75, 3.05) is 17.1 Å². The smallest absolute Gasteiger partial charge is 0.244 e. The van der Waals surface area contributed by atoms with E-state index in [0.717, 1.165) is 16.1 Å². The summed E-state index contributed by atoms with van der Waals surface area (Å²) in [5.74, 6) is -1.52. The van der Waals surface area contributed by atoms with Crippen molar-refractivity contribution in [3.8, 4) is 0 Å². The van der Waals surface area contributed by atoms with E-state index in [4.69, 9.17) is 0 Å². The number of carbonyl (C=O) groups excluding carboxylic acids is 2. The summed E-state index contributed by atoms with van der Waals surface area (Å²) in [6, 6.07) is 11.7. The molecule has 7 nitrogen and oxygen atoms in total. The molecule has 0 bridgehead atoms. The zero-order valence-electron chi connectivity index (χ0n) is 19.7. The SMILES string of the molecule is CC[C@H](C)NC(=O)[C@H](C)N(Cc1ccccc1F)C(=O)CN(c1cccc(C)c1)S(C)(=O)=O. The van der Waals surface area contributed by atoms with Gasteiger partial charge in [0, 0.05) is 18.2 Å². The van der Waals surface area contributed by atoms with Gasteiger partial charge in [-0.15, -0.1) is 0 Å². The second kappa shape index (κ2) is 11.3. The molecule has 2 aromatic rings. The average molecular weight is 478 g/mol. The Hall–Kier alpha value is -2.94. The summed E-state index contributed by atoms with van der Waals surface area (Å²) in [4.78, 5) is 27.4. The van der Waals surface area contributed by atoms with Crippen LogP contribution in [-0.2, 0) is 26.2 Å². The van der Waals surface area contributed by atoms with Gasteiger partial charge in [-0.2, -0.15) is 0 Å². The third-order valence-corrected chi connectivity index (χ3v) is 6.58. The first-order valence-electron chi connectivity index (χ1n) is 10.8. The number of nitrogens with zero attached hydrogens (tertiary/aromatic N) is 2. The molecule has 0 saturated carbocycles. The Morgan fingerprint density at radius 2 is 1.76 bits per heavy atom. The van der Waals surface area contributed by atoms with Crippen LogP contribution in [0.1, 0.15) is 38.3 Å². The Kier molecular flexibility index (Phi) is 8.99. The van der Waals surface area contributed by atoms with Crippen molar-refractivity contribution in [3.05, 3.63) is 65.5 Å². The van der Waals surface area contributed by atoms with Gasteiger partial charge in [0.15, 0.2) is 0 Å². The van der Waals surface area contributed by atoms with E-state index >= 15 is 0 Å². The Morgan fingerprint density at radius 3 is 2.33 bits per heavy atom. The zero-order chi connectivity index (χ0) is 24.8. The number of hydrogen-bond donors (Lipinski definition) is 1. The van der Waals surface area contributed by atoms with Gasteiger partial charge in [-0.3, -0.25) is 13.9 Å². The van der Waals surface area contributed by atoms with Gasteiger partial charge in [-0.1, -0.05) is 37.3 Å². The molecule has 0 fully saturated rings. The van der Waals surface area contributed by atoms with Crippen molar-refractivity contribution in [2.24, 2.45) is 0 Å². The third kappa shape index (κ3) is 7.28. The molecule has 0 saturated heterocycles. The largest absolute Gasteiger partial charge is 0.352 e. The molecule has 2 rings (SSSR count). The molecule has 2 aromatic carbocycles. The first-order chi connectivity index (χ1) is 15.4. The van der Waals surface area contributed by atoms with E-state index in [9.17, 15) is 22.4 Å². The molecule has 0 aliphatic heterocycles. The second-order valence-corrected chi connectivity index (χ2v) is 10.1. The van der Waals surface area contributed by atoms with Crippen molar-refractivity contribution >= 4 is 27.5 Å². The molecule has 9 heteroatoms. The first kappa shape index (κ1) is 26.3. The van der Waals surface area contributed by atoms with Gasteiger partial charge in [0.1, 0.15) is 18.4 Å². The van der Waals surface area contributed by atoms with Gasteiger partial charge in [0.25, 0.3) is 0 Å². The summed E-state index contributed by atoms with van der Waals surface area (Å²) in [6.45, 7) is 6.44. The lowest BCUT2D eigenvalue weighted by Crippen LogP contribution is -2.52. The Labute approximate surface area is 195 Å². The lowest BCUT2D eigenvalue weighted by atomic mass is 10.1. The van der Waals surface area contributed by atoms with Crippen LogP contribution in [-0.4, -0.2) is 50.0 Å². The monoisotopic (exact) mass is 477 g/mol. The number of amides is 2. The van der Waals surface area contributed by atoms with E-state index in [-0.39, 0.29) is 18.2 Å². The van der Waals surface area contributed by atoms with Crippen molar-refractivity contribution in [1.29, 1.82) is 0 Å². The first-order valence-corrected chi connectivity index (χ1v) is 12.7. The molecule has 0 aliphatic carbocycles. The van der Waals surface area contributed by atoms with E-state index in [1.807, 2.05) is 26.8 Å². The van der Waals surface area contributed by atoms with Gasteiger partial charge in [0.05, 0.1) is 11.9 Å². The third-order valence-electron chi connectivity index (χ3n) is 5.44. The molecule has 180 valence electrons. The molecule has 0 unspecified atom stereocenters. The van der Waals surface area contributed by atoms with E-state index in [1.54, 1.807) is 31.2 Å². The predicted molar refractivity (Wildman–Crippen MR) is 128 cm³/mol. The lowest BCUT2D eigenvalue weighted by Gasteiger charge is -2.32. The van der Waals surface area contributed by atoms with Gasteiger partial charge in [0.2, 0.25) is 21.8 Å². The summed E-state index contributed by atoms with van der Waals surface area (Å²) in [5, 5.41) is 2.83. The fourth-order valence-corrected chi connectivity index (χ4v) is 4.10. The zero-order valence-corrected chi connectivity index (χ0v) is 20.5.